The first-order valence-corrected chi connectivity index (χ1v) is 7.26. The van der Waals surface area contributed by atoms with Crippen LogP contribution in [0.4, 0.5) is 0 Å². The first-order valence-electron chi connectivity index (χ1n) is 7.26. The van der Waals surface area contributed by atoms with Crippen LogP contribution in [-0.2, 0) is 6.42 Å². The molecular formula is C17H29N. The van der Waals surface area contributed by atoms with E-state index in [0.717, 1.165) is 12.3 Å². The maximum atomic E-state index is 3.47. The Labute approximate surface area is 113 Å². The maximum absolute atomic E-state index is 3.47. The fourth-order valence-electron chi connectivity index (χ4n) is 2.41. The van der Waals surface area contributed by atoms with Crippen molar-refractivity contribution in [1.82, 2.24) is 5.32 Å². The Hall–Kier alpha value is -0.820. The van der Waals surface area contributed by atoms with Crippen molar-refractivity contribution in [2.24, 2.45) is 5.92 Å². The van der Waals surface area contributed by atoms with Crippen molar-refractivity contribution in [3.63, 3.8) is 0 Å². The number of hydrogen-bond donors (Lipinski definition) is 1. The predicted octanol–water partition coefficient (Wildman–Crippen LogP) is 4.26. The van der Waals surface area contributed by atoms with E-state index in [2.05, 4.69) is 58.3 Å². The summed E-state index contributed by atoms with van der Waals surface area (Å²) >= 11 is 0. The highest BCUT2D eigenvalue weighted by Gasteiger charge is 2.09. The van der Waals surface area contributed by atoms with E-state index in [1.54, 1.807) is 0 Å². The molecular weight excluding hydrogens is 218 g/mol. The summed E-state index contributed by atoms with van der Waals surface area (Å²) in [4.78, 5) is 0. The molecule has 0 aliphatic heterocycles. The second-order valence-electron chi connectivity index (χ2n) is 5.94. The molecule has 0 aromatic heterocycles. The first kappa shape index (κ1) is 15.2. The lowest BCUT2D eigenvalue weighted by Gasteiger charge is -2.18. The van der Waals surface area contributed by atoms with Crippen molar-refractivity contribution in [3.05, 3.63) is 34.9 Å². The van der Waals surface area contributed by atoms with Crippen molar-refractivity contribution in [2.75, 3.05) is 7.05 Å². The zero-order valence-electron chi connectivity index (χ0n) is 12.7. The standard InChI is InChI=1S/C17H29N/c1-13(2)7-6-8-17(18-5)12-16-11-14(3)9-10-15(16)4/h9-11,13,17-18H,6-8,12H2,1-5H3. The molecule has 1 aromatic carbocycles. The minimum atomic E-state index is 0.615. The normalized spacial score (nSPS) is 13.0. The number of benzene rings is 1. The Balaban J connectivity index is 2.54. The molecule has 18 heavy (non-hydrogen) atoms. The molecule has 1 unspecified atom stereocenters. The third kappa shape index (κ3) is 5.22. The van der Waals surface area contributed by atoms with Crippen LogP contribution in [0.25, 0.3) is 0 Å². The topological polar surface area (TPSA) is 12.0 Å². The maximum Gasteiger partial charge on any atom is 0.0105 e. The van der Waals surface area contributed by atoms with Crippen LogP contribution >= 0.6 is 0 Å². The molecule has 0 saturated carbocycles. The number of rotatable bonds is 7. The zero-order valence-corrected chi connectivity index (χ0v) is 12.7. The Bertz CT molecular complexity index is 355. The van der Waals surface area contributed by atoms with Gasteiger partial charge in [-0.15, -0.1) is 0 Å². The van der Waals surface area contributed by atoms with Crippen LogP contribution < -0.4 is 5.32 Å². The van der Waals surface area contributed by atoms with Crippen LogP contribution in [0.5, 0.6) is 0 Å². The van der Waals surface area contributed by atoms with Gasteiger partial charge in [0.05, 0.1) is 0 Å². The van der Waals surface area contributed by atoms with E-state index in [1.165, 1.54) is 36.0 Å². The molecule has 0 bridgehead atoms. The molecule has 0 aliphatic carbocycles. The summed E-state index contributed by atoms with van der Waals surface area (Å²) in [7, 11) is 2.09. The minimum absolute atomic E-state index is 0.615. The average Bonchev–Trinajstić information content (AvgIpc) is 2.32. The van der Waals surface area contributed by atoms with Gasteiger partial charge in [-0.25, -0.2) is 0 Å². The summed E-state index contributed by atoms with van der Waals surface area (Å²) in [6, 6.07) is 7.39. The molecule has 1 nitrogen and oxygen atoms in total. The fraction of sp³-hybridized carbons (Fsp3) is 0.647. The highest BCUT2D eigenvalue weighted by molar-refractivity contribution is 5.31. The lowest BCUT2D eigenvalue weighted by atomic mass is 9.95. The van der Waals surface area contributed by atoms with E-state index >= 15 is 0 Å². The Morgan fingerprint density at radius 1 is 1.11 bits per heavy atom. The highest BCUT2D eigenvalue weighted by atomic mass is 14.9. The summed E-state index contributed by atoms with van der Waals surface area (Å²) in [5.74, 6) is 0.822. The molecule has 0 spiro atoms. The van der Waals surface area contributed by atoms with Gasteiger partial charge in [0.2, 0.25) is 0 Å². The Morgan fingerprint density at radius 3 is 2.44 bits per heavy atom. The van der Waals surface area contributed by atoms with Crippen molar-refractivity contribution in [1.29, 1.82) is 0 Å². The molecule has 0 amide bonds. The number of likely N-dealkylation sites (N-methyl/N-ethyl adjacent to an activating group) is 1. The van der Waals surface area contributed by atoms with E-state index in [1.807, 2.05) is 0 Å². The van der Waals surface area contributed by atoms with E-state index in [0.29, 0.717) is 6.04 Å². The van der Waals surface area contributed by atoms with Crippen molar-refractivity contribution in [2.45, 2.75) is 59.4 Å². The molecule has 1 heteroatoms. The van der Waals surface area contributed by atoms with Gasteiger partial charge in [0, 0.05) is 6.04 Å². The van der Waals surface area contributed by atoms with Gasteiger partial charge in [0.15, 0.2) is 0 Å². The molecule has 0 saturated heterocycles. The molecule has 1 N–H and O–H groups in total. The average molecular weight is 247 g/mol. The first-order chi connectivity index (χ1) is 8.52. The van der Waals surface area contributed by atoms with Crippen molar-refractivity contribution < 1.29 is 0 Å². The molecule has 102 valence electrons. The van der Waals surface area contributed by atoms with Gasteiger partial charge < -0.3 is 5.32 Å². The van der Waals surface area contributed by atoms with E-state index in [4.69, 9.17) is 0 Å². The van der Waals surface area contributed by atoms with Gasteiger partial charge in [-0.2, -0.15) is 0 Å². The highest BCUT2D eigenvalue weighted by Crippen LogP contribution is 2.16. The van der Waals surface area contributed by atoms with Crippen LogP contribution in [-0.4, -0.2) is 13.1 Å². The molecule has 0 radical (unpaired) electrons. The van der Waals surface area contributed by atoms with Crippen LogP contribution in [0, 0.1) is 19.8 Å². The molecule has 1 rings (SSSR count). The van der Waals surface area contributed by atoms with Crippen LogP contribution in [0.15, 0.2) is 18.2 Å². The summed E-state index contributed by atoms with van der Waals surface area (Å²) in [5.41, 5.74) is 4.29. The Morgan fingerprint density at radius 2 is 1.83 bits per heavy atom. The molecule has 1 aromatic rings. The van der Waals surface area contributed by atoms with E-state index < -0.39 is 0 Å². The lowest BCUT2D eigenvalue weighted by Crippen LogP contribution is -2.27. The monoisotopic (exact) mass is 247 g/mol. The van der Waals surface area contributed by atoms with Crippen LogP contribution in [0.3, 0.4) is 0 Å². The fourth-order valence-corrected chi connectivity index (χ4v) is 2.41. The third-order valence-electron chi connectivity index (χ3n) is 3.71. The second kappa shape index (κ2) is 7.58. The predicted molar refractivity (Wildman–Crippen MR) is 81.2 cm³/mol. The van der Waals surface area contributed by atoms with E-state index in [-0.39, 0.29) is 0 Å². The zero-order chi connectivity index (χ0) is 13.5. The minimum Gasteiger partial charge on any atom is -0.317 e. The third-order valence-corrected chi connectivity index (χ3v) is 3.71. The number of aryl methyl sites for hydroxylation is 2. The van der Waals surface area contributed by atoms with Gasteiger partial charge >= 0.3 is 0 Å². The van der Waals surface area contributed by atoms with Gasteiger partial charge in [0.1, 0.15) is 0 Å². The quantitative estimate of drug-likeness (QED) is 0.759. The largest absolute Gasteiger partial charge is 0.317 e. The summed E-state index contributed by atoms with van der Waals surface area (Å²) in [6.45, 7) is 9.00. The Kier molecular flexibility index (Phi) is 6.42. The molecule has 0 aliphatic rings. The summed E-state index contributed by atoms with van der Waals surface area (Å²) < 4.78 is 0. The summed E-state index contributed by atoms with van der Waals surface area (Å²) in [5, 5.41) is 3.47. The molecule has 0 fully saturated rings. The van der Waals surface area contributed by atoms with Crippen LogP contribution in [0.1, 0.15) is 49.8 Å². The smallest absolute Gasteiger partial charge is 0.0105 e. The second-order valence-corrected chi connectivity index (χ2v) is 5.94. The van der Waals surface area contributed by atoms with Crippen molar-refractivity contribution >= 4 is 0 Å². The van der Waals surface area contributed by atoms with Gasteiger partial charge in [-0.3, -0.25) is 0 Å². The molecule has 0 heterocycles. The van der Waals surface area contributed by atoms with Crippen molar-refractivity contribution in [3.8, 4) is 0 Å². The lowest BCUT2D eigenvalue weighted by molar-refractivity contribution is 0.457. The summed E-state index contributed by atoms with van der Waals surface area (Å²) in [6.07, 6.45) is 5.10. The SMILES string of the molecule is CNC(CCCC(C)C)Cc1cc(C)ccc1C. The van der Waals surface area contributed by atoms with Crippen LogP contribution in [0.2, 0.25) is 0 Å². The number of hydrogen-bond acceptors (Lipinski definition) is 1. The molecule has 1 atom stereocenters. The van der Waals surface area contributed by atoms with Gasteiger partial charge in [-0.05, 0) is 50.8 Å². The van der Waals surface area contributed by atoms with Gasteiger partial charge in [0.25, 0.3) is 0 Å². The van der Waals surface area contributed by atoms with E-state index in [9.17, 15) is 0 Å². The van der Waals surface area contributed by atoms with Gasteiger partial charge in [-0.1, -0.05) is 50.5 Å². The number of nitrogens with one attached hydrogen (secondary N) is 1.